The van der Waals surface area contributed by atoms with Gasteiger partial charge < -0.3 is 0 Å². The van der Waals surface area contributed by atoms with Crippen LogP contribution in [-0.2, 0) is 4.79 Å². The summed E-state index contributed by atoms with van der Waals surface area (Å²) in [5.41, 5.74) is 1.35. The molecule has 0 aromatic heterocycles. The van der Waals surface area contributed by atoms with E-state index in [1.807, 2.05) is 13.1 Å². The minimum Gasteiger partial charge on any atom is -0.298 e. The lowest BCUT2D eigenvalue weighted by molar-refractivity contribution is -0.120. The molecule has 0 bridgehead atoms. The highest BCUT2D eigenvalue weighted by Crippen LogP contribution is 2.30. The standard InChI is InChI=1S/C13H17NO/c1-10(15)13-8-12(9-14(13)2)11-6-4-3-5-7-11/h3-7,12-13H,8-9H2,1-2H3/t12?,13-/m0/s1. The molecule has 1 fully saturated rings. The van der Waals surface area contributed by atoms with Crippen molar-refractivity contribution in [2.24, 2.45) is 0 Å². The number of hydrogen-bond donors (Lipinski definition) is 0. The van der Waals surface area contributed by atoms with Crippen molar-refractivity contribution in [3.63, 3.8) is 0 Å². The average molecular weight is 203 g/mol. The van der Waals surface area contributed by atoms with Gasteiger partial charge in [0, 0.05) is 6.54 Å². The molecule has 0 aliphatic carbocycles. The fraction of sp³-hybridized carbons (Fsp3) is 0.462. The van der Waals surface area contributed by atoms with Gasteiger partial charge in [0.1, 0.15) is 5.78 Å². The highest BCUT2D eigenvalue weighted by molar-refractivity contribution is 5.81. The fourth-order valence-corrected chi connectivity index (χ4v) is 2.44. The van der Waals surface area contributed by atoms with Crippen molar-refractivity contribution in [1.29, 1.82) is 0 Å². The van der Waals surface area contributed by atoms with Crippen LogP contribution in [0.1, 0.15) is 24.8 Å². The quantitative estimate of drug-likeness (QED) is 0.733. The predicted molar refractivity (Wildman–Crippen MR) is 60.9 cm³/mol. The Kier molecular flexibility index (Phi) is 2.87. The maximum absolute atomic E-state index is 11.4. The molecule has 0 amide bonds. The van der Waals surface area contributed by atoms with Crippen LogP contribution in [0.2, 0.25) is 0 Å². The molecule has 1 saturated heterocycles. The molecule has 2 rings (SSSR count). The van der Waals surface area contributed by atoms with Gasteiger partial charge in [-0.15, -0.1) is 0 Å². The van der Waals surface area contributed by atoms with Crippen LogP contribution in [-0.4, -0.2) is 30.3 Å². The molecule has 0 radical (unpaired) electrons. The van der Waals surface area contributed by atoms with Crippen LogP contribution >= 0.6 is 0 Å². The number of carbonyl (C=O) groups excluding carboxylic acids is 1. The zero-order valence-electron chi connectivity index (χ0n) is 9.31. The second-order valence-electron chi connectivity index (χ2n) is 4.41. The summed E-state index contributed by atoms with van der Waals surface area (Å²) < 4.78 is 0. The number of likely N-dealkylation sites (tertiary alicyclic amines) is 1. The molecule has 0 spiro atoms. The molecule has 2 heteroatoms. The topological polar surface area (TPSA) is 20.3 Å². The van der Waals surface area contributed by atoms with Gasteiger partial charge in [0.15, 0.2) is 0 Å². The number of hydrogen-bond acceptors (Lipinski definition) is 2. The van der Waals surface area contributed by atoms with E-state index in [0.29, 0.717) is 5.92 Å². The largest absolute Gasteiger partial charge is 0.298 e. The Hall–Kier alpha value is -1.15. The lowest BCUT2D eigenvalue weighted by Gasteiger charge is -2.14. The molecule has 15 heavy (non-hydrogen) atoms. The highest BCUT2D eigenvalue weighted by atomic mass is 16.1. The van der Waals surface area contributed by atoms with Crippen LogP contribution in [0.15, 0.2) is 30.3 Å². The number of Topliss-reactive ketones (excluding diaryl/α,β-unsaturated/α-hetero) is 1. The molecular weight excluding hydrogens is 186 g/mol. The average Bonchev–Trinajstić information content (AvgIpc) is 2.62. The van der Waals surface area contributed by atoms with E-state index in [9.17, 15) is 4.79 Å². The Morgan fingerprint density at radius 1 is 1.33 bits per heavy atom. The number of ketones is 1. The third kappa shape index (κ3) is 2.10. The Labute approximate surface area is 90.9 Å². The summed E-state index contributed by atoms with van der Waals surface area (Å²) in [7, 11) is 2.04. The molecule has 80 valence electrons. The number of likely N-dealkylation sites (N-methyl/N-ethyl adjacent to an activating group) is 1. The molecular formula is C13H17NO. The lowest BCUT2D eigenvalue weighted by Crippen LogP contribution is -2.30. The zero-order valence-corrected chi connectivity index (χ0v) is 9.31. The molecule has 1 aliphatic rings. The van der Waals surface area contributed by atoms with E-state index < -0.39 is 0 Å². The van der Waals surface area contributed by atoms with E-state index in [-0.39, 0.29) is 11.8 Å². The molecule has 0 saturated carbocycles. The van der Waals surface area contributed by atoms with Crippen LogP contribution < -0.4 is 0 Å². The summed E-state index contributed by atoms with van der Waals surface area (Å²) in [6, 6.07) is 10.6. The summed E-state index contributed by atoms with van der Waals surface area (Å²) in [5.74, 6) is 0.807. The second-order valence-corrected chi connectivity index (χ2v) is 4.41. The summed E-state index contributed by atoms with van der Waals surface area (Å²) >= 11 is 0. The van der Waals surface area contributed by atoms with Gasteiger partial charge in [-0.3, -0.25) is 9.69 Å². The van der Waals surface area contributed by atoms with Gasteiger partial charge in [0.2, 0.25) is 0 Å². The summed E-state index contributed by atoms with van der Waals surface area (Å²) in [6.07, 6.45) is 0.968. The van der Waals surface area contributed by atoms with Crippen molar-refractivity contribution in [2.75, 3.05) is 13.6 Å². The van der Waals surface area contributed by atoms with Gasteiger partial charge in [-0.1, -0.05) is 30.3 Å². The van der Waals surface area contributed by atoms with Gasteiger partial charge in [-0.25, -0.2) is 0 Å². The molecule has 0 N–H and O–H groups in total. The summed E-state index contributed by atoms with van der Waals surface area (Å²) in [4.78, 5) is 13.6. The Bertz CT molecular complexity index is 347. The first-order chi connectivity index (χ1) is 7.18. The third-order valence-electron chi connectivity index (χ3n) is 3.29. The molecule has 1 aromatic carbocycles. The molecule has 1 unspecified atom stereocenters. The lowest BCUT2D eigenvalue weighted by atomic mass is 9.95. The first-order valence-corrected chi connectivity index (χ1v) is 5.44. The van der Waals surface area contributed by atoms with Gasteiger partial charge >= 0.3 is 0 Å². The molecule has 2 atom stereocenters. The first kappa shape index (κ1) is 10.4. The van der Waals surface area contributed by atoms with Crippen molar-refractivity contribution in [3.05, 3.63) is 35.9 Å². The smallest absolute Gasteiger partial charge is 0.146 e. The van der Waals surface area contributed by atoms with Crippen molar-refractivity contribution >= 4 is 5.78 Å². The zero-order chi connectivity index (χ0) is 10.8. The van der Waals surface area contributed by atoms with Gasteiger partial charge in [-0.2, -0.15) is 0 Å². The molecule has 1 aromatic rings. The Morgan fingerprint density at radius 2 is 2.00 bits per heavy atom. The van der Waals surface area contributed by atoms with E-state index in [1.165, 1.54) is 5.56 Å². The van der Waals surface area contributed by atoms with Crippen LogP contribution in [0.25, 0.3) is 0 Å². The van der Waals surface area contributed by atoms with Crippen LogP contribution in [0.5, 0.6) is 0 Å². The van der Waals surface area contributed by atoms with Crippen LogP contribution in [0.3, 0.4) is 0 Å². The van der Waals surface area contributed by atoms with Gasteiger partial charge in [0.25, 0.3) is 0 Å². The van der Waals surface area contributed by atoms with Crippen molar-refractivity contribution < 1.29 is 4.79 Å². The number of rotatable bonds is 2. The second kappa shape index (κ2) is 4.15. The number of benzene rings is 1. The minimum atomic E-state index is 0.121. The van der Waals surface area contributed by atoms with Crippen LogP contribution in [0.4, 0.5) is 0 Å². The monoisotopic (exact) mass is 203 g/mol. The Morgan fingerprint density at radius 3 is 2.53 bits per heavy atom. The molecule has 1 aliphatic heterocycles. The maximum atomic E-state index is 11.4. The fourth-order valence-electron chi connectivity index (χ4n) is 2.44. The van der Waals surface area contributed by atoms with E-state index in [0.717, 1.165) is 13.0 Å². The summed E-state index contributed by atoms with van der Waals surface area (Å²) in [6.45, 7) is 2.68. The third-order valence-corrected chi connectivity index (χ3v) is 3.29. The molecule has 2 nitrogen and oxygen atoms in total. The summed E-state index contributed by atoms with van der Waals surface area (Å²) in [5, 5.41) is 0. The maximum Gasteiger partial charge on any atom is 0.146 e. The van der Waals surface area contributed by atoms with E-state index in [4.69, 9.17) is 0 Å². The van der Waals surface area contributed by atoms with Crippen molar-refractivity contribution in [2.45, 2.75) is 25.3 Å². The first-order valence-electron chi connectivity index (χ1n) is 5.44. The van der Waals surface area contributed by atoms with E-state index in [1.54, 1.807) is 6.92 Å². The van der Waals surface area contributed by atoms with Crippen molar-refractivity contribution in [3.8, 4) is 0 Å². The normalized spacial score (nSPS) is 26.8. The Balaban J connectivity index is 2.13. The number of carbonyl (C=O) groups is 1. The highest BCUT2D eigenvalue weighted by Gasteiger charge is 2.32. The van der Waals surface area contributed by atoms with Crippen molar-refractivity contribution in [1.82, 2.24) is 4.90 Å². The van der Waals surface area contributed by atoms with Gasteiger partial charge in [-0.05, 0) is 31.9 Å². The van der Waals surface area contributed by atoms with Crippen LogP contribution in [0, 0.1) is 0 Å². The molecule has 1 heterocycles. The predicted octanol–water partition coefficient (Wildman–Crippen LogP) is 2.06. The SMILES string of the molecule is CC(=O)[C@@H]1CC(c2ccccc2)CN1C. The number of nitrogens with zero attached hydrogens (tertiary/aromatic N) is 1. The van der Waals surface area contributed by atoms with E-state index >= 15 is 0 Å². The minimum absolute atomic E-state index is 0.121. The van der Waals surface area contributed by atoms with Gasteiger partial charge in [0.05, 0.1) is 6.04 Å². The van der Waals surface area contributed by atoms with E-state index in [2.05, 4.69) is 29.2 Å².